The van der Waals surface area contributed by atoms with Gasteiger partial charge in [0.2, 0.25) is 10.0 Å². The van der Waals surface area contributed by atoms with Gasteiger partial charge in [-0.2, -0.15) is 4.31 Å². The quantitative estimate of drug-likeness (QED) is 0.756. The summed E-state index contributed by atoms with van der Waals surface area (Å²) >= 11 is 5.58. The summed E-state index contributed by atoms with van der Waals surface area (Å²) in [6.45, 7) is 4.10. The predicted molar refractivity (Wildman–Crippen MR) is 70.9 cm³/mol. The number of aryl methyl sites for hydroxylation is 1. The van der Waals surface area contributed by atoms with E-state index in [2.05, 4.69) is 0 Å². The van der Waals surface area contributed by atoms with Crippen molar-refractivity contribution in [3.8, 4) is 0 Å². The zero-order valence-corrected chi connectivity index (χ0v) is 12.1. The van der Waals surface area contributed by atoms with Crippen molar-refractivity contribution in [1.29, 1.82) is 0 Å². The van der Waals surface area contributed by atoms with E-state index in [1.165, 1.54) is 16.4 Å². The van der Waals surface area contributed by atoms with Crippen molar-refractivity contribution >= 4 is 21.6 Å². The Balaban J connectivity index is 3.10. The summed E-state index contributed by atoms with van der Waals surface area (Å²) in [6, 6.07) is 3.70. The Morgan fingerprint density at radius 2 is 2.06 bits per heavy atom. The highest BCUT2D eigenvalue weighted by Crippen LogP contribution is 2.20. The van der Waals surface area contributed by atoms with Crippen LogP contribution < -0.4 is 0 Å². The zero-order chi connectivity index (χ0) is 13.8. The van der Waals surface area contributed by atoms with E-state index in [1.807, 2.05) is 0 Å². The van der Waals surface area contributed by atoms with E-state index in [1.54, 1.807) is 13.8 Å². The van der Waals surface area contributed by atoms with Gasteiger partial charge in [-0.25, -0.2) is 12.8 Å². The summed E-state index contributed by atoms with van der Waals surface area (Å²) in [5.41, 5.74) is 0.416. The summed E-state index contributed by atoms with van der Waals surface area (Å²) in [6.07, 6.45) is 0.592. The van der Waals surface area contributed by atoms with E-state index in [9.17, 15) is 12.8 Å². The van der Waals surface area contributed by atoms with Crippen LogP contribution in [0.25, 0.3) is 0 Å². The van der Waals surface area contributed by atoms with Crippen molar-refractivity contribution in [3.63, 3.8) is 0 Å². The molecule has 0 amide bonds. The van der Waals surface area contributed by atoms with Crippen LogP contribution in [0.4, 0.5) is 4.39 Å². The van der Waals surface area contributed by atoms with Gasteiger partial charge in [0.05, 0.1) is 4.90 Å². The standard InChI is InChI=1S/C12H17ClFNO2S/c1-3-15(8-4-7-13)18(16,17)12-6-5-11(14)9-10(12)2/h5-6,9H,3-4,7-8H2,1-2H3. The number of hydrogen-bond donors (Lipinski definition) is 0. The van der Waals surface area contributed by atoms with E-state index in [-0.39, 0.29) is 4.90 Å². The summed E-state index contributed by atoms with van der Waals surface area (Å²) in [7, 11) is -3.56. The molecular weight excluding hydrogens is 277 g/mol. The van der Waals surface area contributed by atoms with Gasteiger partial charge in [0.25, 0.3) is 0 Å². The van der Waals surface area contributed by atoms with Gasteiger partial charge >= 0.3 is 0 Å². The molecule has 0 bridgehead atoms. The average molecular weight is 294 g/mol. The molecule has 6 heteroatoms. The van der Waals surface area contributed by atoms with Crippen LogP contribution in [0.15, 0.2) is 23.1 Å². The molecule has 0 aromatic heterocycles. The molecule has 1 aromatic carbocycles. The minimum atomic E-state index is -3.56. The third kappa shape index (κ3) is 3.43. The number of rotatable bonds is 6. The number of alkyl halides is 1. The van der Waals surface area contributed by atoms with E-state index < -0.39 is 15.8 Å². The molecule has 0 saturated carbocycles. The van der Waals surface area contributed by atoms with Crippen molar-refractivity contribution in [2.24, 2.45) is 0 Å². The molecule has 0 atom stereocenters. The van der Waals surface area contributed by atoms with Crippen molar-refractivity contribution < 1.29 is 12.8 Å². The minimum Gasteiger partial charge on any atom is -0.207 e. The Morgan fingerprint density at radius 1 is 1.39 bits per heavy atom. The van der Waals surface area contributed by atoms with Crippen molar-refractivity contribution in [2.45, 2.75) is 25.2 Å². The molecule has 0 saturated heterocycles. The molecule has 1 rings (SSSR count). The molecule has 0 aliphatic heterocycles. The van der Waals surface area contributed by atoms with E-state index in [4.69, 9.17) is 11.6 Å². The first-order valence-electron chi connectivity index (χ1n) is 5.75. The van der Waals surface area contributed by atoms with E-state index >= 15 is 0 Å². The van der Waals surface area contributed by atoms with E-state index in [0.717, 1.165) is 6.07 Å². The fourth-order valence-corrected chi connectivity index (χ4v) is 3.54. The van der Waals surface area contributed by atoms with Crippen LogP contribution in [-0.2, 0) is 10.0 Å². The Morgan fingerprint density at radius 3 is 2.56 bits per heavy atom. The fourth-order valence-electron chi connectivity index (χ4n) is 1.73. The van der Waals surface area contributed by atoms with Crippen molar-refractivity contribution in [1.82, 2.24) is 4.31 Å². The largest absolute Gasteiger partial charge is 0.243 e. The maximum atomic E-state index is 13.0. The van der Waals surface area contributed by atoms with E-state index in [0.29, 0.717) is 31.0 Å². The lowest BCUT2D eigenvalue weighted by atomic mass is 10.2. The SMILES string of the molecule is CCN(CCCCl)S(=O)(=O)c1ccc(F)cc1C. The number of sulfonamides is 1. The molecule has 0 spiro atoms. The van der Waals surface area contributed by atoms with Gasteiger partial charge in [-0.15, -0.1) is 11.6 Å². The molecule has 1 aromatic rings. The van der Waals surface area contributed by atoms with Crippen LogP contribution >= 0.6 is 11.6 Å². The molecule has 0 unspecified atom stereocenters. The second kappa shape index (κ2) is 6.50. The first-order valence-corrected chi connectivity index (χ1v) is 7.73. The number of benzene rings is 1. The highest BCUT2D eigenvalue weighted by atomic mass is 35.5. The first kappa shape index (κ1) is 15.4. The van der Waals surface area contributed by atoms with Crippen LogP contribution in [0.5, 0.6) is 0 Å². The van der Waals surface area contributed by atoms with Crippen LogP contribution in [-0.4, -0.2) is 31.7 Å². The summed E-state index contributed by atoms with van der Waals surface area (Å²) < 4.78 is 39.1. The molecule has 0 aliphatic carbocycles. The second-order valence-electron chi connectivity index (χ2n) is 3.95. The van der Waals surface area contributed by atoms with Gasteiger partial charge in [0.1, 0.15) is 5.82 Å². The lowest BCUT2D eigenvalue weighted by Gasteiger charge is -2.21. The Labute approximate surface area is 113 Å². The Bertz CT molecular complexity index is 505. The summed E-state index contributed by atoms with van der Waals surface area (Å²) in [5, 5.41) is 0. The first-order chi connectivity index (χ1) is 8.43. The number of hydrogen-bond acceptors (Lipinski definition) is 2. The van der Waals surface area contributed by atoms with Crippen LogP contribution in [0.2, 0.25) is 0 Å². The van der Waals surface area contributed by atoms with Crippen molar-refractivity contribution in [2.75, 3.05) is 19.0 Å². The molecular formula is C12H17ClFNO2S. The van der Waals surface area contributed by atoms with Gasteiger partial charge < -0.3 is 0 Å². The molecule has 0 heterocycles. The smallest absolute Gasteiger partial charge is 0.207 e. The van der Waals surface area contributed by atoms with Crippen molar-refractivity contribution in [3.05, 3.63) is 29.6 Å². The second-order valence-corrected chi connectivity index (χ2v) is 6.23. The molecule has 18 heavy (non-hydrogen) atoms. The highest BCUT2D eigenvalue weighted by molar-refractivity contribution is 7.89. The van der Waals surface area contributed by atoms with Gasteiger partial charge in [0, 0.05) is 19.0 Å². The molecule has 102 valence electrons. The Kier molecular flexibility index (Phi) is 5.56. The third-order valence-corrected chi connectivity index (χ3v) is 5.05. The van der Waals surface area contributed by atoms with Crippen LogP contribution in [0, 0.1) is 12.7 Å². The molecule has 0 aliphatic rings. The summed E-state index contributed by atoms with van der Waals surface area (Å²) in [4.78, 5) is 0.153. The lowest BCUT2D eigenvalue weighted by molar-refractivity contribution is 0.427. The van der Waals surface area contributed by atoms with Gasteiger partial charge in [-0.1, -0.05) is 6.92 Å². The van der Waals surface area contributed by atoms with Gasteiger partial charge in [-0.3, -0.25) is 0 Å². The minimum absolute atomic E-state index is 0.153. The Hall–Kier alpha value is -0.650. The number of halogens is 2. The fraction of sp³-hybridized carbons (Fsp3) is 0.500. The molecule has 0 N–H and O–H groups in total. The predicted octanol–water partition coefficient (Wildman–Crippen LogP) is 2.77. The lowest BCUT2D eigenvalue weighted by Crippen LogP contribution is -2.32. The molecule has 3 nitrogen and oxygen atoms in total. The monoisotopic (exact) mass is 293 g/mol. The third-order valence-electron chi connectivity index (χ3n) is 2.65. The average Bonchev–Trinajstić information content (AvgIpc) is 2.29. The normalized spacial score (nSPS) is 12.1. The maximum absolute atomic E-state index is 13.0. The van der Waals surface area contributed by atoms with Gasteiger partial charge in [-0.05, 0) is 37.1 Å². The van der Waals surface area contributed by atoms with Crippen LogP contribution in [0.3, 0.4) is 0 Å². The summed E-state index contributed by atoms with van der Waals surface area (Å²) in [5.74, 6) is -0.0238. The molecule has 0 radical (unpaired) electrons. The maximum Gasteiger partial charge on any atom is 0.243 e. The van der Waals surface area contributed by atoms with Crippen LogP contribution in [0.1, 0.15) is 18.9 Å². The zero-order valence-electron chi connectivity index (χ0n) is 10.5. The highest BCUT2D eigenvalue weighted by Gasteiger charge is 2.24. The van der Waals surface area contributed by atoms with Gasteiger partial charge in [0.15, 0.2) is 0 Å². The number of nitrogens with zero attached hydrogens (tertiary/aromatic N) is 1. The molecule has 0 fully saturated rings. The topological polar surface area (TPSA) is 37.4 Å².